The van der Waals surface area contributed by atoms with Gasteiger partial charge >= 0.3 is 5.69 Å². The highest BCUT2D eigenvalue weighted by Gasteiger charge is 2.06. The fraction of sp³-hybridized carbons (Fsp3) is 0.222. The molecule has 86 valence electrons. The van der Waals surface area contributed by atoms with Crippen molar-refractivity contribution in [3.63, 3.8) is 0 Å². The van der Waals surface area contributed by atoms with E-state index in [1.54, 1.807) is 12.1 Å². The molecule has 7 heteroatoms. The number of hydrogen-bond acceptors (Lipinski definition) is 4. The minimum atomic E-state index is -0.272. The number of hydrogen-bond donors (Lipinski definition) is 1. The number of halogens is 1. The van der Waals surface area contributed by atoms with E-state index in [1.807, 2.05) is 18.2 Å². The van der Waals surface area contributed by atoms with Crippen molar-refractivity contribution in [1.82, 2.24) is 19.8 Å². The molecule has 1 aromatic heterocycles. The summed E-state index contributed by atoms with van der Waals surface area (Å²) >= 11 is 0. The van der Waals surface area contributed by atoms with Gasteiger partial charge < -0.3 is 5.73 Å². The second-order valence-electron chi connectivity index (χ2n) is 3.02. The molecule has 1 aromatic carbocycles. The number of rotatable bonds is 3. The van der Waals surface area contributed by atoms with Crippen molar-refractivity contribution in [2.45, 2.75) is 6.54 Å². The zero-order valence-electron chi connectivity index (χ0n) is 8.48. The van der Waals surface area contributed by atoms with Crippen molar-refractivity contribution < 1.29 is 0 Å². The molecule has 0 spiro atoms. The Morgan fingerprint density at radius 1 is 1.19 bits per heavy atom. The molecule has 0 fully saturated rings. The van der Waals surface area contributed by atoms with Gasteiger partial charge in [-0.3, -0.25) is 0 Å². The molecule has 0 atom stereocenters. The summed E-state index contributed by atoms with van der Waals surface area (Å²) in [4.78, 5) is 11.7. The first-order chi connectivity index (χ1) is 7.33. The van der Waals surface area contributed by atoms with Crippen LogP contribution in [0.25, 0.3) is 5.69 Å². The monoisotopic (exact) mass is 241 g/mol. The van der Waals surface area contributed by atoms with Crippen molar-refractivity contribution in [1.29, 1.82) is 0 Å². The van der Waals surface area contributed by atoms with Gasteiger partial charge in [-0.1, -0.05) is 18.2 Å². The number of benzene rings is 1. The van der Waals surface area contributed by atoms with Crippen LogP contribution in [-0.4, -0.2) is 26.3 Å². The maximum atomic E-state index is 11.7. The zero-order chi connectivity index (χ0) is 10.7. The molecule has 1 heterocycles. The lowest BCUT2D eigenvalue weighted by Crippen LogP contribution is -2.26. The summed E-state index contributed by atoms with van der Waals surface area (Å²) in [5.41, 5.74) is 5.77. The van der Waals surface area contributed by atoms with Crippen LogP contribution in [0.4, 0.5) is 0 Å². The SMILES string of the molecule is Cl.NCCn1nnn(-c2ccccc2)c1=O. The smallest absolute Gasteiger partial charge is 0.329 e. The highest BCUT2D eigenvalue weighted by molar-refractivity contribution is 5.85. The summed E-state index contributed by atoms with van der Waals surface area (Å²) in [6.07, 6.45) is 0. The van der Waals surface area contributed by atoms with E-state index in [9.17, 15) is 4.79 Å². The summed E-state index contributed by atoms with van der Waals surface area (Å²) in [5, 5.41) is 7.49. The van der Waals surface area contributed by atoms with E-state index in [4.69, 9.17) is 5.73 Å². The van der Waals surface area contributed by atoms with Crippen molar-refractivity contribution in [3.05, 3.63) is 40.8 Å². The summed E-state index contributed by atoms with van der Waals surface area (Å²) in [5.74, 6) is 0. The Morgan fingerprint density at radius 2 is 1.88 bits per heavy atom. The molecule has 0 amide bonds. The Bertz CT molecular complexity index is 492. The second kappa shape index (κ2) is 5.43. The average Bonchev–Trinajstić information content (AvgIpc) is 2.63. The Hall–Kier alpha value is -1.66. The lowest BCUT2D eigenvalue weighted by Gasteiger charge is -1.96. The van der Waals surface area contributed by atoms with Gasteiger partial charge in [0.1, 0.15) is 0 Å². The van der Waals surface area contributed by atoms with Crippen molar-refractivity contribution in [2.24, 2.45) is 5.73 Å². The third kappa shape index (κ3) is 2.29. The molecule has 0 unspecified atom stereocenters. The largest absolute Gasteiger partial charge is 0.368 e. The Morgan fingerprint density at radius 3 is 2.50 bits per heavy atom. The molecule has 0 aliphatic heterocycles. The van der Waals surface area contributed by atoms with Crippen LogP contribution in [0.15, 0.2) is 35.1 Å². The topological polar surface area (TPSA) is 78.7 Å². The predicted octanol–water partition coefficient (Wildman–Crippen LogP) is -0.191. The van der Waals surface area contributed by atoms with Gasteiger partial charge in [0.15, 0.2) is 0 Å². The maximum absolute atomic E-state index is 11.7. The summed E-state index contributed by atoms with van der Waals surface area (Å²) in [6, 6.07) is 9.14. The van der Waals surface area contributed by atoms with Crippen molar-refractivity contribution >= 4 is 12.4 Å². The molecule has 0 bridgehead atoms. The maximum Gasteiger partial charge on any atom is 0.368 e. The molecule has 16 heavy (non-hydrogen) atoms. The summed E-state index contributed by atoms with van der Waals surface area (Å²) < 4.78 is 2.49. The first kappa shape index (κ1) is 12.4. The van der Waals surface area contributed by atoms with Crippen molar-refractivity contribution in [2.75, 3.05) is 6.54 Å². The van der Waals surface area contributed by atoms with Gasteiger partial charge in [-0.25, -0.2) is 4.79 Å². The van der Waals surface area contributed by atoms with Gasteiger partial charge in [0.25, 0.3) is 0 Å². The molecular formula is C9H12ClN5O. The van der Waals surface area contributed by atoms with Crippen LogP contribution in [0, 0.1) is 0 Å². The van der Waals surface area contributed by atoms with E-state index in [0.29, 0.717) is 18.8 Å². The Balaban J connectivity index is 0.00000128. The van der Waals surface area contributed by atoms with Gasteiger partial charge in [0.2, 0.25) is 0 Å². The molecule has 0 saturated heterocycles. The highest BCUT2D eigenvalue weighted by Crippen LogP contribution is 2.00. The van der Waals surface area contributed by atoms with E-state index in [-0.39, 0.29) is 18.1 Å². The minimum Gasteiger partial charge on any atom is -0.329 e. The highest BCUT2D eigenvalue weighted by atomic mass is 35.5. The number of nitrogens with zero attached hydrogens (tertiary/aromatic N) is 4. The first-order valence-corrected chi connectivity index (χ1v) is 4.61. The van der Waals surface area contributed by atoms with Gasteiger partial charge in [-0.2, -0.15) is 9.36 Å². The number of nitrogens with two attached hydrogens (primary N) is 1. The van der Waals surface area contributed by atoms with Gasteiger partial charge in [-0.05, 0) is 22.6 Å². The average molecular weight is 242 g/mol. The van der Waals surface area contributed by atoms with E-state index >= 15 is 0 Å². The van der Waals surface area contributed by atoms with Gasteiger partial charge in [-0.15, -0.1) is 12.4 Å². The van der Waals surface area contributed by atoms with Gasteiger partial charge in [0.05, 0.1) is 12.2 Å². The van der Waals surface area contributed by atoms with Crippen LogP contribution < -0.4 is 11.4 Å². The third-order valence-corrected chi connectivity index (χ3v) is 1.98. The van der Waals surface area contributed by atoms with Crippen LogP contribution >= 0.6 is 12.4 Å². The predicted molar refractivity (Wildman–Crippen MR) is 61.9 cm³/mol. The quantitative estimate of drug-likeness (QED) is 0.808. The van der Waals surface area contributed by atoms with Crippen LogP contribution in [0.2, 0.25) is 0 Å². The summed E-state index contributed by atoms with van der Waals surface area (Å²) in [6.45, 7) is 0.749. The van der Waals surface area contributed by atoms with Crippen LogP contribution in [0.3, 0.4) is 0 Å². The minimum absolute atomic E-state index is 0. The van der Waals surface area contributed by atoms with E-state index in [0.717, 1.165) is 0 Å². The number of aromatic nitrogens is 4. The number of para-hydroxylation sites is 1. The van der Waals surface area contributed by atoms with Crippen LogP contribution in [-0.2, 0) is 6.54 Å². The number of tetrazole rings is 1. The normalized spacial score (nSPS) is 9.81. The Kier molecular flexibility index (Phi) is 4.21. The van der Waals surface area contributed by atoms with E-state index < -0.39 is 0 Å². The standard InChI is InChI=1S/C9H11N5O.ClH/c10-6-7-13-9(15)14(12-11-13)8-4-2-1-3-5-8;/h1-5H,6-7,10H2;1H. The van der Waals surface area contributed by atoms with Crippen molar-refractivity contribution in [3.8, 4) is 5.69 Å². The second-order valence-corrected chi connectivity index (χ2v) is 3.02. The summed E-state index contributed by atoms with van der Waals surface area (Å²) in [7, 11) is 0. The van der Waals surface area contributed by atoms with E-state index in [1.165, 1.54) is 9.36 Å². The van der Waals surface area contributed by atoms with Crippen LogP contribution in [0.1, 0.15) is 0 Å². The van der Waals surface area contributed by atoms with E-state index in [2.05, 4.69) is 10.4 Å². The molecule has 2 aromatic rings. The first-order valence-electron chi connectivity index (χ1n) is 4.61. The molecule has 0 radical (unpaired) electrons. The lowest BCUT2D eigenvalue weighted by molar-refractivity contribution is 0.583. The molecule has 2 rings (SSSR count). The molecule has 0 aliphatic carbocycles. The van der Waals surface area contributed by atoms with Gasteiger partial charge in [0, 0.05) is 6.54 Å². The molecule has 6 nitrogen and oxygen atoms in total. The molecule has 0 saturated carbocycles. The zero-order valence-corrected chi connectivity index (χ0v) is 9.30. The molecule has 0 aliphatic rings. The van der Waals surface area contributed by atoms with Crippen LogP contribution in [0.5, 0.6) is 0 Å². The fourth-order valence-electron chi connectivity index (χ4n) is 1.27. The Labute approximate surface area is 98.1 Å². The third-order valence-electron chi connectivity index (χ3n) is 1.98. The molecule has 2 N–H and O–H groups in total. The molecular weight excluding hydrogens is 230 g/mol. The lowest BCUT2D eigenvalue weighted by atomic mass is 10.3. The fourth-order valence-corrected chi connectivity index (χ4v) is 1.27.